The predicted octanol–water partition coefficient (Wildman–Crippen LogP) is 5.57. The number of rotatable bonds is 9. The highest BCUT2D eigenvalue weighted by Crippen LogP contribution is 2.29. The van der Waals surface area contributed by atoms with Crippen molar-refractivity contribution in [2.24, 2.45) is 0 Å². The summed E-state index contributed by atoms with van der Waals surface area (Å²) in [6, 6.07) is 11.2. The standard InChI is InChI=1S/C26H32BrFN2O3/c1-17(2)20-10-13-24(23(27)14-20)33-16-25(31)30(15-19-8-11-21(28)12-9-19)18(3)26(32)29-22-6-4-5-7-22/h8-14,17-18,22H,4-7,15-16H2,1-3H3,(H,29,32)/t18-/m0/s1. The second-order valence-corrected chi connectivity index (χ2v) is 9.80. The number of nitrogens with one attached hydrogen (secondary N) is 1. The van der Waals surface area contributed by atoms with Gasteiger partial charge in [-0.25, -0.2) is 4.39 Å². The zero-order chi connectivity index (χ0) is 24.0. The molecule has 33 heavy (non-hydrogen) atoms. The van der Waals surface area contributed by atoms with Crippen molar-refractivity contribution in [1.29, 1.82) is 0 Å². The van der Waals surface area contributed by atoms with Crippen LogP contribution in [0.3, 0.4) is 0 Å². The summed E-state index contributed by atoms with van der Waals surface area (Å²) in [6.45, 7) is 5.92. The lowest BCUT2D eigenvalue weighted by molar-refractivity contribution is -0.142. The van der Waals surface area contributed by atoms with Crippen LogP contribution in [0.5, 0.6) is 5.75 Å². The van der Waals surface area contributed by atoms with Gasteiger partial charge in [0, 0.05) is 12.6 Å². The summed E-state index contributed by atoms with van der Waals surface area (Å²) in [6.07, 6.45) is 4.15. The van der Waals surface area contributed by atoms with E-state index >= 15 is 0 Å². The minimum absolute atomic E-state index is 0.161. The number of halogens is 2. The summed E-state index contributed by atoms with van der Waals surface area (Å²) >= 11 is 3.51. The van der Waals surface area contributed by atoms with E-state index in [4.69, 9.17) is 4.74 Å². The molecule has 7 heteroatoms. The number of ether oxygens (including phenoxy) is 1. The van der Waals surface area contributed by atoms with Crippen molar-refractivity contribution in [3.05, 3.63) is 63.9 Å². The Kier molecular flexibility index (Phi) is 8.89. The lowest BCUT2D eigenvalue weighted by atomic mass is 10.0. The lowest BCUT2D eigenvalue weighted by Gasteiger charge is -2.29. The van der Waals surface area contributed by atoms with Crippen LogP contribution in [0.1, 0.15) is 63.5 Å². The van der Waals surface area contributed by atoms with Gasteiger partial charge in [0.05, 0.1) is 4.47 Å². The number of benzene rings is 2. The van der Waals surface area contributed by atoms with Gasteiger partial charge in [-0.3, -0.25) is 9.59 Å². The van der Waals surface area contributed by atoms with Gasteiger partial charge in [-0.1, -0.05) is 44.9 Å². The van der Waals surface area contributed by atoms with Crippen molar-refractivity contribution in [2.75, 3.05) is 6.61 Å². The average Bonchev–Trinajstić information content (AvgIpc) is 3.30. The molecule has 3 rings (SSSR count). The summed E-state index contributed by atoms with van der Waals surface area (Å²) in [5, 5.41) is 3.07. The maximum Gasteiger partial charge on any atom is 0.261 e. The molecule has 1 N–H and O–H groups in total. The number of hydrogen-bond acceptors (Lipinski definition) is 3. The maximum absolute atomic E-state index is 13.4. The Morgan fingerprint density at radius 1 is 1.12 bits per heavy atom. The minimum atomic E-state index is -0.682. The molecule has 0 spiro atoms. The number of carbonyl (C=O) groups excluding carboxylic acids is 2. The molecular formula is C26H32BrFN2O3. The molecule has 1 saturated carbocycles. The molecule has 0 bridgehead atoms. The number of carbonyl (C=O) groups is 2. The van der Waals surface area contributed by atoms with Gasteiger partial charge in [-0.05, 0) is 77.0 Å². The third-order valence-corrected chi connectivity index (χ3v) is 6.73. The number of amides is 2. The monoisotopic (exact) mass is 518 g/mol. The van der Waals surface area contributed by atoms with E-state index in [1.165, 1.54) is 17.0 Å². The Balaban J connectivity index is 1.72. The zero-order valence-corrected chi connectivity index (χ0v) is 21.0. The van der Waals surface area contributed by atoms with Crippen molar-refractivity contribution < 1.29 is 18.7 Å². The average molecular weight is 519 g/mol. The van der Waals surface area contributed by atoms with Gasteiger partial charge in [-0.2, -0.15) is 0 Å². The van der Waals surface area contributed by atoms with Crippen molar-refractivity contribution >= 4 is 27.7 Å². The van der Waals surface area contributed by atoms with E-state index in [0.29, 0.717) is 11.7 Å². The molecule has 0 unspecified atom stereocenters. The fourth-order valence-electron chi connectivity index (χ4n) is 3.98. The highest BCUT2D eigenvalue weighted by Gasteiger charge is 2.29. The van der Waals surface area contributed by atoms with Crippen LogP contribution >= 0.6 is 15.9 Å². The Labute approximate surface area is 203 Å². The van der Waals surface area contributed by atoms with Crippen molar-refractivity contribution in [2.45, 2.75) is 71.0 Å². The van der Waals surface area contributed by atoms with Gasteiger partial charge in [0.25, 0.3) is 5.91 Å². The van der Waals surface area contributed by atoms with Crippen LogP contribution in [-0.2, 0) is 16.1 Å². The molecule has 0 radical (unpaired) electrons. The van der Waals surface area contributed by atoms with E-state index in [2.05, 4.69) is 35.1 Å². The first kappa shape index (κ1) is 25.2. The molecule has 0 aromatic heterocycles. The molecule has 2 aromatic carbocycles. The Morgan fingerprint density at radius 3 is 2.39 bits per heavy atom. The molecule has 1 aliphatic carbocycles. The molecule has 0 saturated heterocycles. The van der Waals surface area contributed by atoms with Crippen molar-refractivity contribution in [1.82, 2.24) is 10.2 Å². The second kappa shape index (κ2) is 11.6. The highest BCUT2D eigenvalue weighted by atomic mass is 79.9. The first-order valence-electron chi connectivity index (χ1n) is 11.5. The molecule has 1 aliphatic rings. The Bertz CT molecular complexity index is 959. The number of nitrogens with zero attached hydrogens (tertiary/aromatic N) is 1. The van der Waals surface area contributed by atoms with E-state index in [0.717, 1.165) is 41.3 Å². The van der Waals surface area contributed by atoms with Crippen LogP contribution in [0.2, 0.25) is 0 Å². The molecule has 1 atom stereocenters. The van der Waals surface area contributed by atoms with Crippen molar-refractivity contribution in [3.8, 4) is 5.75 Å². The summed E-state index contributed by atoms with van der Waals surface area (Å²) in [7, 11) is 0. The van der Waals surface area contributed by atoms with Gasteiger partial charge in [-0.15, -0.1) is 0 Å². The second-order valence-electron chi connectivity index (χ2n) is 8.95. The summed E-state index contributed by atoms with van der Waals surface area (Å²) < 4.78 is 19.9. The topological polar surface area (TPSA) is 58.6 Å². The largest absolute Gasteiger partial charge is 0.483 e. The van der Waals surface area contributed by atoms with Crippen LogP contribution in [-0.4, -0.2) is 35.4 Å². The van der Waals surface area contributed by atoms with Crippen LogP contribution < -0.4 is 10.1 Å². The van der Waals surface area contributed by atoms with E-state index in [1.807, 2.05) is 18.2 Å². The van der Waals surface area contributed by atoms with E-state index in [-0.39, 0.29) is 36.8 Å². The minimum Gasteiger partial charge on any atom is -0.483 e. The zero-order valence-electron chi connectivity index (χ0n) is 19.4. The van der Waals surface area contributed by atoms with Gasteiger partial charge in [0.2, 0.25) is 5.91 Å². The van der Waals surface area contributed by atoms with Gasteiger partial charge >= 0.3 is 0 Å². The normalized spacial score (nSPS) is 14.8. The Morgan fingerprint density at radius 2 is 1.79 bits per heavy atom. The van der Waals surface area contributed by atoms with E-state index in [1.54, 1.807) is 19.1 Å². The third-order valence-electron chi connectivity index (χ3n) is 6.11. The summed E-state index contributed by atoms with van der Waals surface area (Å²) in [5.74, 6) is 0.106. The van der Waals surface area contributed by atoms with Crippen LogP contribution in [0, 0.1) is 5.82 Å². The van der Waals surface area contributed by atoms with Crippen LogP contribution in [0.25, 0.3) is 0 Å². The first-order valence-corrected chi connectivity index (χ1v) is 12.3. The molecular weight excluding hydrogens is 487 g/mol. The van der Waals surface area contributed by atoms with Crippen LogP contribution in [0.15, 0.2) is 46.9 Å². The van der Waals surface area contributed by atoms with Crippen LogP contribution in [0.4, 0.5) is 4.39 Å². The quantitative estimate of drug-likeness (QED) is 0.472. The fourth-order valence-corrected chi connectivity index (χ4v) is 4.49. The smallest absolute Gasteiger partial charge is 0.261 e. The first-order chi connectivity index (χ1) is 15.7. The molecule has 2 aromatic rings. The van der Waals surface area contributed by atoms with E-state index < -0.39 is 6.04 Å². The van der Waals surface area contributed by atoms with Gasteiger partial charge in [0.1, 0.15) is 17.6 Å². The maximum atomic E-state index is 13.4. The van der Waals surface area contributed by atoms with Gasteiger partial charge in [0.15, 0.2) is 6.61 Å². The summed E-state index contributed by atoms with van der Waals surface area (Å²) in [4.78, 5) is 27.6. The fraction of sp³-hybridized carbons (Fsp3) is 0.462. The molecule has 1 fully saturated rings. The van der Waals surface area contributed by atoms with E-state index in [9.17, 15) is 14.0 Å². The number of hydrogen-bond donors (Lipinski definition) is 1. The van der Waals surface area contributed by atoms with Gasteiger partial charge < -0.3 is 15.0 Å². The summed E-state index contributed by atoms with van der Waals surface area (Å²) in [5.41, 5.74) is 1.91. The molecule has 2 amide bonds. The van der Waals surface area contributed by atoms with Crippen molar-refractivity contribution in [3.63, 3.8) is 0 Å². The molecule has 5 nitrogen and oxygen atoms in total. The predicted molar refractivity (Wildman–Crippen MR) is 131 cm³/mol. The SMILES string of the molecule is CC(C)c1ccc(OCC(=O)N(Cc2ccc(F)cc2)[C@@H](C)C(=O)NC2CCCC2)c(Br)c1. The lowest BCUT2D eigenvalue weighted by Crippen LogP contribution is -2.50. The molecule has 0 aliphatic heterocycles. The Hall–Kier alpha value is -2.41. The molecule has 0 heterocycles. The highest BCUT2D eigenvalue weighted by molar-refractivity contribution is 9.10. The third kappa shape index (κ3) is 7.03. The molecule has 178 valence electrons.